The number of carboxylic acid groups (broad SMARTS) is 1. The van der Waals surface area contributed by atoms with Crippen LogP contribution in [0.4, 0.5) is 9.18 Å². The number of aromatic nitrogens is 1. The van der Waals surface area contributed by atoms with Gasteiger partial charge in [-0.15, -0.1) is 0 Å². The number of hydrogen-bond donors (Lipinski definition) is 1. The second-order valence-corrected chi connectivity index (χ2v) is 4.32. The maximum Gasteiger partial charge on any atom is 0.407 e. The van der Waals surface area contributed by atoms with E-state index in [9.17, 15) is 9.18 Å². The zero-order valence-corrected chi connectivity index (χ0v) is 9.92. The average molecular weight is 247 g/mol. The van der Waals surface area contributed by atoms with Gasteiger partial charge in [0.05, 0.1) is 10.6 Å². The van der Waals surface area contributed by atoms with E-state index >= 15 is 0 Å². The first-order valence-corrected chi connectivity index (χ1v) is 4.93. The minimum absolute atomic E-state index is 0.0433. The third-order valence-electron chi connectivity index (χ3n) is 2.51. The minimum Gasteiger partial charge on any atom is -0.465 e. The maximum atomic E-state index is 13.6. The van der Waals surface area contributed by atoms with Crippen LogP contribution < -0.4 is 0 Å². The molecule has 1 rings (SSSR count). The Bertz CT molecular complexity index is 423. The predicted octanol–water partition coefficient (Wildman–Crippen LogP) is 2.72. The number of pyridine rings is 1. The maximum absolute atomic E-state index is 13.6. The molecule has 0 fully saturated rings. The second kappa shape index (κ2) is 4.25. The van der Waals surface area contributed by atoms with Gasteiger partial charge in [-0.3, -0.25) is 4.98 Å². The summed E-state index contributed by atoms with van der Waals surface area (Å²) in [7, 11) is 1.36. The molecule has 16 heavy (non-hydrogen) atoms. The van der Waals surface area contributed by atoms with Crippen molar-refractivity contribution in [1.29, 1.82) is 0 Å². The summed E-state index contributed by atoms with van der Waals surface area (Å²) in [6.45, 7) is 3.14. The first kappa shape index (κ1) is 12.7. The molecule has 1 aromatic rings. The normalized spacial score (nSPS) is 11.3. The molecule has 1 heterocycles. The van der Waals surface area contributed by atoms with Crippen molar-refractivity contribution in [1.82, 2.24) is 9.88 Å². The fraction of sp³-hybridized carbons (Fsp3) is 0.400. The highest BCUT2D eigenvalue weighted by Crippen LogP contribution is 2.28. The lowest BCUT2D eigenvalue weighted by Crippen LogP contribution is -2.43. The minimum atomic E-state index is -1.15. The van der Waals surface area contributed by atoms with Crippen LogP contribution in [0.15, 0.2) is 12.3 Å². The standard InChI is InChI=1S/C10H12ClFN2O2/c1-10(2,14(3)9(15)16)8-7(12)4-6(11)5-13-8/h4-5H,1-3H3,(H,15,16). The third-order valence-corrected chi connectivity index (χ3v) is 2.72. The Hall–Kier alpha value is -1.36. The highest BCUT2D eigenvalue weighted by molar-refractivity contribution is 6.30. The van der Waals surface area contributed by atoms with Gasteiger partial charge in [0.25, 0.3) is 0 Å². The van der Waals surface area contributed by atoms with Crippen LogP contribution in [0.2, 0.25) is 5.02 Å². The molecule has 1 N–H and O–H groups in total. The summed E-state index contributed by atoms with van der Waals surface area (Å²) >= 11 is 5.58. The van der Waals surface area contributed by atoms with E-state index < -0.39 is 17.4 Å². The Morgan fingerprint density at radius 2 is 2.19 bits per heavy atom. The lowest BCUT2D eigenvalue weighted by molar-refractivity contribution is 0.106. The lowest BCUT2D eigenvalue weighted by atomic mass is 9.98. The number of rotatable bonds is 2. The molecule has 0 radical (unpaired) electrons. The topological polar surface area (TPSA) is 53.4 Å². The Balaban J connectivity index is 3.21. The summed E-state index contributed by atoms with van der Waals surface area (Å²) in [4.78, 5) is 15.7. The van der Waals surface area contributed by atoms with Crippen molar-refractivity contribution in [2.45, 2.75) is 19.4 Å². The molecule has 4 nitrogen and oxygen atoms in total. The van der Waals surface area contributed by atoms with E-state index in [1.807, 2.05) is 0 Å². The van der Waals surface area contributed by atoms with Crippen LogP contribution in [-0.4, -0.2) is 28.1 Å². The largest absolute Gasteiger partial charge is 0.465 e. The van der Waals surface area contributed by atoms with Crippen molar-refractivity contribution < 1.29 is 14.3 Å². The van der Waals surface area contributed by atoms with Gasteiger partial charge in [0.1, 0.15) is 11.5 Å². The van der Waals surface area contributed by atoms with E-state index in [-0.39, 0.29) is 10.7 Å². The molecule has 0 spiro atoms. The summed E-state index contributed by atoms with van der Waals surface area (Å²) < 4.78 is 13.6. The van der Waals surface area contributed by atoms with Crippen molar-refractivity contribution >= 4 is 17.7 Å². The van der Waals surface area contributed by atoms with Gasteiger partial charge in [-0.25, -0.2) is 9.18 Å². The molecule has 0 saturated carbocycles. The Kier molecular flexibility index (Phi) is 3.38. The monoisotopic (exact) mass is 246 g/mol. The highest BCUT2D eigenvalue weighted by atomic mass is 35.5. The zero-order valence-electron chi connectivity index (χ0n) is 9.16. The molecule has 88 valence electrons. The summed E-state index contributed by atoms with van der Waals surface area (Å²) in [6, 6.07) is 1.11. The highest BCUT2D eigenvalue weighted by Gasteiger charge is 2.33. The number of halogens is 2. The van der Waals surface area contributed by atoms with E-state index in [1.165, 1.54) is 13.2 Å². The number of amides is 1. The smallest absolute Gasteiger partial charge is 0.407 e. The van der Waals surface area contributed by atoms with Gasteiger partial charge < -0.3 is 10.0 Å². The molecule has 0 aliphatic rings. The van der Waals surface area contributed by atoms with Crippen LogP contribution in [0.5, 0.6) is 0 Å². The van der Waals surface area contributed by atoms with Crippen molar-refractivity contribution in [2.24, 2.45) is 0 Å². The van der Waals surface area contributed by atoms with E-state index in [4.69, 9.17) is 16.7 Å². The fourth-order valence-corrected chi connectivity index (χ4v) is 1.41. The van der Waals surface area contributed by atoms with Crippen LogP contribution in [-0.2, 0) is 5.54 Å². The molecule has 0 aliphatic carbocycles. The van der Waals surface area contributed by atoms with Crippen molar-refractivity contribution in [3.63, 3.8) is 0 Å². The Morgan fingerprint density at radius 3 is 2.62 bits per heavy atom. The van der Waals surface area contributed by atoms with Crippen LogP contribution >= 0.6 is 11.6 Å². The summed E-state index contributed by atoms with van der Waals surface area (Å²) in [5.74, 6) is -0.620. The summed E-state index contributed by atoms with van der Waals surface area (Å²) in [6.07, 6.45) is 0.137. The van der Waals surface area contributed by atoms with E-state index in [0.717, 1.165) is 11.0 Å². The molecule has 0 bridgehead atoms. The molecule has 0 aromatic carbocycles. The lowest BCUT2D eigenvalue weighted by Gasteiger charge is -2.33. The average Bonchev–Trinajstić information content (AvgIpc) is 2.15. The van der Waals surface area contributed by atoms with E-state index in [2.05, 4.69) is 4.98 Å². The predicted molar refractivity (Wildman–Crippen MR) is 58.0 cm³/mol. The molecule has 1 amide bonds. The van der Waals surface area contributed by atoms with Gasteiger partial charge in [0, 0.05) is 13.2 Å². The first-order valence-electron chi connectivity index (χ1n) is 4.55. The number of carbonyl (C=O) groups is 1. The molecular formula is C10H12ClFN2O2. The van der Waals surface area contributed by atoms with Crippen molar-refractivity contribution in [3.8, 4) is 0 Å². The Morgan fingerprint density at radius 1 is 1.62 bits per heavy atom. The molecule has 6 heteroatoms. The van der Waals surface area contributed by atoms with E-state index in [0.29, 0.717) is 0 Å². The van der Waals surface area contributed by atoms with Gasteiger partial charge in [-0.05, 0) is 19.9 Å². The van der Waals surface area contributed by atoms with Gasteiger partial charge in [0.15, 0.2) is 0 Å². The van der Waals surface area contributed by atoms with Crippen LogP contribution in [0, 0.1) is 5.82 Å². The summed E-state index contributed by atoms with van der Waals surface area (Å²) in [5.41, 5.74) is -1.01. The van der Waals surface area contributed by atoms with Gasteiger partial charge in [0.2, 0.25) is 0 Å². The third kappa shape index (κ3) is 2.24. The van der Waals surface area contributed by atoms with Crippen LogP contribution in [0.3, 0.4) is 0 Å². The molecular weight excluding hydrogens is 235 g/mol. The van der Waals surface area contributed by atoms with Gasteiger partial charge in [-0.2, -0.15) is 0 Å². The molecule has 0 atom stereocenters. The van der Waals surface area contributed by atoms with Crippen LogP contribution in [0.25, 0.3) is 0 Å². The summed E-state index contributed by atoms with van der Waals surface area (Å²) in [5, 5.41) is 9.05. The SMILES string of the molecule is CN(C(=O)O)C(C)(C)c1ncc(Cl)cc1F. The van der Waals surface area contributed by atoms with Gasteiger partial charge in [-0.1, -0.05) is 11.6 Å². The molecule has 0 unspecified atom stereocenters. The van der Waals surface area contributed by atoms with Crippen LogP contribution in [0.1, 0.15) is 19.5 Å². The number of nitrogens with zero attached hydrogens (tertiary/aromatic N) is 2. The molecule has 1 aromatic heterocycles. The first-order chi connectivity index (χ1) is 7.26. The molecule has 0 aliphatic heterocycles. The van der Waals surface area contributed by atoms with E-state index in [1.54, 1.807) is 13.8 Å². The Labute approximate surface area is 97.7 Å². The van der Waals surface area contributed by atoms with Crippen molar-refractivity contribution in [2.75, 3.05) is 7.05 Å². The fourth-order valence-electron chi connectivity index (χ4n) is 1.26. The quantitative estimate of drug-likeness (QED) is 0.873. The van der Waals surface area contributed by atoms with Crippen molar-refractivity contribution in [3.05, 3.63) is 28.8 Å². The molecule has 0 saturated heterocycles. The number of hydrogen-bond acceptors (Lipinski definition) is 2. The van der Waals surface area contributed by atoms with Gasteiger partial charge >= 0.3 is 6.09 Å². The zero-order chi connectivity index (χ0) is 12.5. The second-order valence-electron chi connectivity index (χ2n) is 3.88.